The predicted octanol–water partition coefficient (Wildman–Crippen LogP) is -4.95. The molecule has 6 nitrogen and oxygen atoms in total. The van der Waals surface area contributed by atoms with E-state index in [-0.39, 0.29) is 49.6 Å². The summed E-state index contributed by atoms with van der Waals surface area (Å²) < 4.78 is 0. The molecule has 0 aromatic rings. The van der Waals surface area contributed by atoms with Crippen LogP contribution < -0.4 is 0 Å². The summed E-state index contributed by atoms with van der Waals surface area (Å²) in [5.41, 5.74) is 0. The minimum absolute atomic E-state index is 0. The smallest absolute Gasteiger partial charge is 0.412 e. The Hall–Kier alpha value is 0.266. The van der Waals surface area contributed by atoms with E-state index in [4.69, 9.17) is 0 Å². The van der Waals surface area contributed by atoms with Gasteiger partial charge in [-0.05, 0) is 0 Å². The Labute approximate surface area is 50.6 Å². The molecular formula is H12CoO6+2. The maximum Gasteiger partial charge on any atom is 2.00 e. The van der Waals surface area contributed by atoms with E-state index in [1.807, 2.05) is 0 Å². The Balaban J connectivity index is 0. The maximum absolute atomic E-state index is 0. The van der Waals surface area contributed by atoms with Crippen LogP contribution >= 0.6 is 0 Å². The molecule has 0 saturated carbocycles. The monoisotopic (exact) mass is 167 g/mol. The van der Waals surface area contributed by atoms with Crippen molar-refractivity contribution in [1.29, 1.82) is 0 Å². The largest absolute Gasteiger partial charge is 2.00 e. The predicted molar refractivity (Wildman–Crippen MR) is 21.7 cm³/mol. The molecule has 0 unspecified atom stereocenters. The molecule has 0 saturated heterocycles. The molecule has 0 fully saturated rings. The summed E-state index contributed by atoms with van der Waals surface area (Å²) in [5, 5.41) is 0. The molecule has 12 N–H and O–H groups in total. The molecule has 0 aliphatic heterocycles. The molecule has 0 amide bonds. The summed E-state index contributed by atoms with van der Waals surface area (Å²) >= 11 is 0. The Morgan fingerprint density at radius 3 is 0.286 bits per heavy atom. The first-order valence-corrected chi connectivity index (χ1v) is 0. The van der Waals surface area contributed by atoms with Crippen molar-refractivity contribution < 1.29 is 49.6 Å². The van der Waals surface area contributed by atoms with E-state index in [9.17, 15) is 0 Å². The van der Waals surface area contributed by atoms with Gasteiger partial charge in [0.1, 0.15) is 0 Å². The summed E-state index contributed by atoms with van der Waals surface area (Å²) in [6.07, 6.45) is 0. The van der Waals surface area contributed by atoms with Crippen LogP contribution in [0.1, 0.15) is 0 Å². The SMILES string of the molecule is O.O.O.O.O.O.[Co+2]. The molecule has 0 aliphatic carbocycles. The molecule has 0 aromatic heterocycles. The number of hydrogen-bond donors (Lipinski definition) is 0. The fourth-order valence-electron chi connectivity index (χ4n) is 0. The molecule has 55 valence electrons. The molecule has 0 spiro atoms. The molecule has 0 atom stereocenters. The maximum atomic E-state index is 0. The minimum atomic E-state index is 0. The van der Waals surface area contributed by atoms with Crippen LogP contribution in [0.2, 0.25) is 0 Å². The van der Waals surface area contributed by atoms with Crippen molar-refractivity contribution >= 4 is 0 Å². The molecule has 0 heterocycles. The van der Waals surface area contributed by atoms with E-state index in [1.165, 1.54) is 0 Å². The van der Waals surface area contributed by atoms with E-state index >= 15 is 0 Å². The van der Waals surface area contributed by atoms with Crippen molar-refractivity contribution in [3.8, 4) is 0 Å². The van der Waals surface area contributed by atoms with Crippen molar-refractivity contribution in [2.24, 2.45) is 0 Å². The third-order valence-electron chi connectivity index (χ3n) is 0. The third kappa shape index (κ3) is 1610. The molecule has 7 heteroatoms. The number of hydrogen-bond acceptors (Lipinski definition) is 0. The van der Waals surface area contributed by atoms with Crippen LogP contribution in [0.25, 0.3) is 0 Å². The second-order valence-electron chi connectivity index (χ2n) is 0. The van der Waals surface area contributed by atoms with Gasteiger partial charge < -0.3 is 32.9 Å². The van der Waals surface area contributed by atoms with E-state index in [1.54, 1.807) is 0 Å². The van der Waals surface area contributed by atoms with Crippen molar-refractivity contribution in [3.63, 3.8) is 0 Å². The van der Waals surface area contributed by atoms with Crippen LogP contribution in [-0.2, 0) is 16.8 Å². The zero-order valence-corrected chi connectivity index (χ0v) is 4.37. The van der Waals surface area contributed by atoms with Gasteiger partial charge in [-0.3, -0.25) is 0 Å². The van der Waals surface area contributed by atoms with Crippen LogP contribution in [0.4, 0.5) is 0 Å². The standard InChI is InChI=1S/Co.6H2O/h;6*1H2/q+2;;;;;;. The first-order chi connectivity index (χ1) is 0. The minimum Gasteiger partial charge on any atom is -0.412 e. The van der Waals surface area contributed by atoms with Crippen molar-refractivity contribution in [2.45, 2.75) is 0 Å². The quantitative estimate of drug-likeness (QED) is 0.334. The summed E-state index contributed by atoms with van der Waals surface area (Å²) in [4.78, 5) is 0. The molecule has 0 bridgehead atoms. The van der Waals surface area contributed by atoms with Gasteiger partial charge in [-0.15, -0.1) is 0 Å². The molecule has 7 heavy (non-hydrogen) atoms. The molecule has 0 aromatic carbocycles. The van der Waals surface area contributed by atoms with Gasteiger partial charge in [-0.1, -0.05) is 0 Å². The zero-order chi connectivity index (χ0) is 0. The third-order valence-corrected chi connectivity index (χ3v) is 0. The van der Waals surface area contributed by atoms with Crippen LogP contribution in [0.3, 0.4) is 0 Å². The Bertz CT molecular complexity index is 4.14. The second-order valence-corrected chi connectivity index (χ2v) is 0. The van der Waals surface area contributed by atoms with Gasteiger partial charge in [0.15, 0.2) is 0 Å². The van der Waals surface area contributed by atoms with Gasteiger partial charge in [0, 0.05) is 0 Å². The molecule has 0 aliphatic rings. The Morgan fingerprint density at radius 2 is 0.286 bits per heavy atom. The van der Waals surface area contributed by atoms with E-state index in [2.05, 4.69) is 0 Å². The Kier molecular flexibility index (Phi) is 1400000. The first kappa shape index (κ1) is 4020. The molecule has 0 rings (SSSR count). The van der Waals surface area contributed by atoms with Crippen LogP contribution in [0.15, 0.2) is 0 Å². The van der Waals surface area contributed by atoms with Crippen LogP contribution in [0, 0.1) is 0 Å². The van der Waals surface area contributed by atoms with Gasteiger partial charge in [-0.25, -0.2) is 0 Å². The number of rotatable bonds is 0. The van der Waals surface area contributed by atoms with E-state index < -0.39 is 0 Å². The van der Waals surface area contributed by atoms with Crippen molar-refractivity contribution in [1.82, 2.24) is 0 Å². The molecular weight excluding hydrogens is 155 g/mol. The fraction of sp³-hybridized carbons (Fsp3) is 0. The average molecular weight is 167 g/mol. The van der Waals surface area contributed by atoms with Crippen molar-refractivity contribution in [3.05, 3.63) is 0 Å². The summed E-state index contributed by atoms with van der Waals surface area (Å²) in [6.45, 7) is 0. The summed E-state index contributed by atoms with van der Waals surface area (Å²) in [5.74, 6) is 0. The van der Waals surface area contributed by atoms with Gasteiger partial charge in [0.05, 0.1) is 0 Å². The topological polar surface area (TPSA) is 189 Å². The first-order valence-electron chi connectivity index (χ1n) is 0. The second kappa shape index (κ2) is 2450. The van der Waals surface area contributed by atoms with Gasteiger partial charge in [-0.2, -0.15) is 0 Å². The van der Waals surface area contributed by atoms with Crippen molar-refractivity contribution in [2.75, 3.05) is 0 Å². The summed E-state index contributed by atoms with van der Waals surface area (Å²) in [6, 6.07) is 0. The van der Waals surface area contributed by atoms with E-state index in [0.29, 0.717) is 0 Å². The average Bonchev–Trinajstić information content (AvgIpc) is 0. The normalized spacial score (nSPS) is 0. The van der Waals surface area contributed by atoms with E-state index in [0.717, 1.165) is 0 Å². The molecule has 1 radical (unpaired) electrons. The summed E-state index contributed by atoms with van der Waals surface area (Å²) in [7, 11) is 0. The van der Waals surface area contributed by atoms with Gasteiger partial charge in [0.2, 0.25) is 0 Å². The van der Waals surface area contributed by atoms with Crippen LogP contribution in [0.5, 0.6) is 0 Å². The van der Waals surface area contributed by atoms with Gasteiger partial charge in [0.25, 0.3) is 0 Å². The zero-order valence-electron chi connectivity index (χ0n) is 3.33. The Morgan fingerprint density at radius 1 is 0.286 bits per heavy atom. The van der Waals surface area contributed by atoms with Crippen LogP contribution in [-0.4, -0.2) is 32.9 Å². The van der Waals surface area contributed by atoms with Gasteiger partial charge >= 0.3 is 16.8 Å². The fourth-order valence-corrected chi connectivity index (χ4v) is 0.